The second-order valence-electron chi connectivity index (χ2n) is 4.97. The quantitative estimate of drug-likeness (QED) is 0.758. The van der Waals surface area contributed by atoms with Gasteiger partial charge in [0.1, 0.15) is 16.2 Å². The fourth-order valence-corrected chi connectivity index (χ4v) is 2.89. The third kappa shape index (κ3) is 6.91. The molecule has 0 fully saturated rings. The number of amides is 1. The van der Waals surface area contributed by atoms with Gasteiger partial charge in [0.25, 0.3) is 10.0 Å². The molecular formula is C15H15NO7S2-2. The maximum atomic E-state index is 11.2. The van der Waals surface area contributed by atoms with Crippen LogP contribution in [0.2, 0.25) is 0 Å². The molecular weight excluding hydrogens is 370 g/mol. The largest absolute Gasteiger partial charge is 0.744 e. The monoisotopic (exact) mass is 385 g/mol. The summed E-state index contributed by atoms with van der Waals surface area (Å²) in [4.78, 5) is 9.77. The molecule has 0 aliphatic carbocycles. The molecule has 0 heterocycles. The molecule has 0 aromatic heterocycles. The molecule has 0 saturated heterocycles. The molecule has 10 heteroatoms. The number of carboxylic acid groups (broad SMARTS) is 1. The average molecular weight is 385 g/mol. The van der Waals surface area contributed by atoms with E-state index < -0.39 is 26.2 Å². The molecule has 2 aromatic carbocycles. The van der Waals surface area contributed by atoms with Crippen LogP contribution in [0.4, 0.5) is 4.79 Å². The highest BCUT2D eigenvalue weighted by molar-refractivity contribution is 7.90. The van der Waals surface area contributed by atoms with E-state index in [-0.39, 0.29) is 9.79 Å². The number of nitrogens with one attached hydrogen (secondary N) is 1. The fourth-order valence-electron chi connectivity index (χ4n) is 1.59. The molecule has 0 atom stereocenters. The number of carbonyl (C=O) groups is 1. The Hall–Kier alpha value is -2.43. The van der Waals surface area contributed by atoms with E-state index in [2.05, 4.69) is 0 Å². The minimum Gasteiger partial charge on any atom is -0.744 e. The summed E-state index contributed by atoms with van der Waals surface area (Å²) in [7, 11) is -8.26. The van der Waals surface area contributed by atoms with Crippen molar-refractivity contribution in [1.29, 1.82) is 0 Å². The summed E-state index contributed by atoms with van der Waals surface area (Å²) >= 11 is 0. The average Bonchev–Trinajstić information content (AvgIpc) is 2.46. The Balaban J connectivity index is 0.000000257. The Labute approximate surface area is 145 Å². The lowest BCUT2D eigenvalue weighted by atomic mass is 10.2. The van der Waals surface area contributed by atoms with Crippen LogP contribution < -0.4 is 9.83 Å². The van der Waals surface area contributed by atoms with Gasteiger partial charge in [-0.1, -0.05) is 35.4 Å². The minimum absolute atomic E-state index is 0.104. The first-order chi connectivity index (χ1) is 11.4. The lowest BCUT2D eigenvalue weighted by Crippen LogP contribution is -2.40. The van der Waals surface area contributed by atoms with E-state index >= 15 is 0 Å². The van der Waals surface area contributed by atoms with Crippen LogP contribution in [0.15, 0.2) is 58.3 Å². The molecule has 0 spiro atoms. The molecule has 25 heavy (non-hydrogen) atoms. The van der Waals surface area contributed by atoms with Crippen LogP contribution in [0, 0.1) is 13.8 Å². The van der Waals surface area contributed by atoms with Gasteiger partial charge < -0.3 is 14.5 Å². The maximum Gasteiger partial charge on any atom is 0.262 e. The highest BCUT2D eigenvalue weighted by Crippen LogP contribution is 2.09. The van der Waals surface area contributed by atoms with Gasteiger partial charge >= 0.3 is 0 Å². The lowest BCUT2D eigenvalue weighted by molar-refractivity contribution is -0.248. The Bertz CT molecular complexity index is 932. The zero-order chi connectivity index (χ0) is 19.3. The van der Waals surface area contributed by atoms with Crippen molar-refractivity contribution in [3.8, 4) is 0 Å². The van der Waals surface area contributed by atoms with Crippen LogP contribution in [0.25, 0.3) is 0 Å². The van der Waals surface area contributed by atoms with Gasteiger partial charge in [-0.2, -0.15) is 0 Å². The predicted octanol–water partition coefficient (Wildman–Crippen LogP) is 0.516. The van der Waals surface area contributed by atoms with Crippen LogP contribution in [0.5, 0.6) is 0 Å². The van der Waals surface area contributed by atoms with Gasteiger partial charge in [0.2, 0.25) is 0 Å². The van der Waals surface area contributed by atoms with Crippen molar-refractivity contribution in [2.75, 3.05) is 0 Å². The summed E-state index contributed by atoms with van der Waals surface area (Å²) < 4.78 is 54.9. The molecule has 0 bridgehead atoms. The van der Waals surface area contributed by atoms with E-state index in [9.17, 15) is 31.3 Å². The highest BCUT2D eigenvalue weighted by Gasteiger charge is 2.12. The first-order valence-electron chi connectivity index (χ1n) is 6.75. The third-order valence-electron chi connectivity index (χ3n) is 2.86. The third-order valence-corrected chi connectivity index (χ3v) is 5.04. The summed E-state index contributed by atoms with van der Waals surface area (Å²) in [6.07, 6.45) is -1.84. The Morgan fingerprint density at radius 2 is 1.16 bits per heavy atom. The van der Waals surface area contributed by atoms with Crippen molar-refractivity contribution >= 4 is 26.2 Å². The first kappa shape index (κ1) is 20.6. The van der Waals surface area contributed by atoms with Crippen LogP contribution in [-0.4, -0.2) is 27.5 Å². The number of benzene rings is 2. The Kier molecular flexibility index (Phi) is 6.68. The molecule has 0 aliphatic heterocycles. The number of rotatable bonds is 3. The van der Waals surface area contributed by atoms with E-state index in [1.54, 1.807) is 31.2 Å². The smallest absolute Gasteiger partial charge is 0.262 e. The van der Waals surface area contributed by atoms with Crippen molar-refractivity contribution < 1.29 is 31.3 Å². The molecule has 136 valence electrons. The van der Waals surface area contributed by atoms with Crippen LogP contribution in [-0.2, 0) is 20.1 Å². The molecule has 0 radical (unpaired) electrons. The summed E-state index contributed by atoms with van der Waals surface area (Å²) in [5, 5.41) is 10.1. The lowest BCUT2D eigenvalue weighted by Gasteiger charge is -2.07. The van der Waals surface area contributed by atoms with Gasteiger partial charge in [0.05, 0.1) is 9.79 Å². The SMILES string of the molecule is Cc1ccc(S(=O)(=O)NC(=O)[O-])cc1.Cc1ccc(S(=O)(=O)[O-])cc1. The van der Waals surface area contributed by atoms with Crippen molar-refractivity contribution in [2.45, 2.75) is 23.6 Å². The number of hydrogen-bond donors (Lipinski definition) is 1. The second-order valence-corrected chi connectivity index (χ2v) is 8.04. The summed E-state index contributed by atoms with van der Waals surface area (Å²) in [5.74, 6) is 0. The zero-order valence-corrected chi connectivity index (χ0v) is 14.9. The second kappa shape index (κ2) is 8.10. The summed E-state index contributed by atoms with van der Waals surface area (Å²) in [5.41, 5.74) is 1.81. The number of aryl methyl sites for hydroxylation is 2. The van der Waals surface area contributed by atoms with Gasteiger partial charge in [-0.3, -0.25) is 4.72 Å². The molecule has 0 saturated carbocycles. The first-order valence-corrected chi connectivity index (χ1v) is 9.64. The van der Waals surface area contributed by atoms with E-state index in [1.807, 2.05) is 6.92 Å². The number of sulfonamides is 1. The topological polar surface area (TPSA) is 144 Å². The number of carbonyl (C=O) groups excluding carboxylic acids is 1. The van der Waals surface area contributed by atoms with Crippen molar-refractivity contribution in [2.24, 2.45) is 0 Å². The van der Waals surface area contributed by atoms with Gasteiger partial charge in [-0.05, 0) is 38.1 Å². The molecule has 2 aromatic rings. The van der Waals surface area contributed by atoms with Gasteiger partial charge in [-0.15, -0.1) is 0 Å². The van der Waals surface area contributed by atoms with Crippen molar-refractivity contribution in [1.82, 2.24) is 4.72 Å². The standard InChI is InChI=1S/C8H9NO4S.C7H8O3S/c1-6-2-4-7(5-3-6)14(12,13)9-8(10)11;1-6-2-4-7(5-3-6)11(8,9)10/h2-5,9H,1H3,(H,10,11);2-5H,1H3,(H,8,9,10)/p-2. The van der Waals surface area contributed by atoms with E-state index in [1.165, 1.54) is 29.0 Å². The normalized spacial score (nSPS) is 11.2. The maximum absolute atomic E-state index is 11.2. The Morgan fingerprint density at radius 3 is 1.48 bits per heavy atom. The Morgan fingerprint density at radius 1 is 0.800 bits per heavy atom. The molecule has 0 unspecified atom stereocenters. The zero-order valence-electron chi connectivity index (χ0n) is 13.3. The van der Waals surface area contributed by atoms with Gasteiger partial charge in [0, 0.05) is 0 Å². The molecule has 1 N–H and O–H groups in total. The summed E-state index contributed by atoms with van der Waals surface area (Å²) in [6, 6.07) is 11.6. The van der Waals surface area contributed by atoms with E-state index in [0.29, 0.717) is 0 Å². The molecule has 0 aliphatic rings. The van der Waals surface area contributed by atoms with Crippen molar-refractivity contribution in [3.63, 3.8) is 0 Å². The van der Waals surface area contributed by atoms with Crippen LogP contribution in [0.3, 0.4) is 0 Å². The summed E-state index contributed by atoms with van der Waals surface area (Å²) in [6.45, 7) is 3.61. The number of hydrogen-bond acceptors (Lipinski definition) is 7. The van der Waals surface area contributed by atoms with E-state index in [4.69, 9.17) is 0 Å². The molecule has 8 nitrogen and oxygen atoms in total. The predicted molar refractivity (Wildman–Crippen MR) is 86.0 cm³/mol. The highest BCUT2D eigenvalue weighted by atomic mass is 32.2. The molecule has 1 amide bonds. The minimum atomic E-state index is -4.27. The van der Waals surface area contributed by atoms with Crippen molar-refractivity contribution in [3.05, 3.63) is 59.7 Å². The van der Waals surface area contributed by atoms with Crippen LogP contribution >= 0.6 is 0 Å². The van der Waals surface area contributed by atoms with Gasteiger partial charge in [-0.25, -0.2) is 16.8 Å². The van der Waals surface area contributed by atoms with Crippen LogP contribution in [0.1, 0.15) is 11.1 Å². The fraction of sp³-hybridized carbons (Fsp3) is 0.133. The van der Waals surface area contributed by atoms with Gasteiger partial charge in [0.15, 0.2) is 0 Å². The molecule has 2 rings (SSSR count). The van der Waals surface area contributed by atoms with E-state index in [0.717, 1.165) is 11.1 Å².